The molecule has 16 heavy (non-hydrogen) atoms. The summed E-state index contributed by atoms with van der Waals surface area (Å²) in [5.41, 5.74) is 0.0881. The van der Waals surface area contributed by atoms with Gasteiger partial charge < -0.3 is 10.1 Å². The Hall–Kier alpha value is -0.450. The predicted octanol–water partition coefficient (Wildman–Crippen LogP) is 2.99. The molecule has 1 rings (SSSR count). The molecule has 0 aliphatic rings. The fourth-order valence-corrected chi connectivity index (χ4v) is 2.78. The van der Waals surface area contributed by atoms with Crippen LogP contribution in [0.3, 0.4) is 0 Å². The van der Waals surface area contributed by atoms with E-state index in [0.29, 0.717) is 0 Å². The lowest BCUT2D eigenvalue weighted by Gasteiger charge is -2.28. The van der Waals surface area contributed by atoms with Crippen LogP contribution in [0.4, 0.5) is 0 Å². The van der Waals surface area contributed by atoms with E-state index in [2.05, 4.69) is 31.1 Å². The molecule has 1 aromatic rings. The second-order valence-electron chi connectivity index (χ2n) is 4.90. The van der Waals surface area contributed by atoms with Gasteiger partial charge in [-0.1, -0.05) is 20.8 Å². The van der Waals surface area contributed by atoms with E-state index in [1.807, 2.05) is 20.2 Å². The van der Waals surface area contributed by atoms with Gasteiger partial charge in [0.2, 0.25) is 0 Å². The van der Waals surface area contributed by atoms with Gasteiger partial charge in [-0.25, -0.2) is 4.98 Å². The Kier molecular flexibility index (Phi) is 4.89. The number of thiazole rings is 1. The molecule has 1 N–H and O–H groups in total. The molecule has 0 bridgehead atoms. The largest absolute Gasteiger partial charge is 0.371 e. The predicted molar refractivity (Wildman–Crippen MR) is 68.7 cm³/mol. The Labute approximate surface area is 102 Å². The van der Waals surface area contributed by atoms with E-state index in [9.17, 15) is 0 Å². The molecule has 1 aromatic heterocycles. The highest BCUT2D eigenvalue weighted by atomic mass is 32.1. The van der Waals surface area contributed by atoms with E-state index in [-0.39, 0.29) is 11.5 Å². The van der Waals surface area contributed by atoms with E-state index in [4.69, 9.17) is 4.74 Å². The minimum atomic E-state index is 0.0881. The van der Waals surface area contributed by atoms with Crippen LogP contribution < -0.4 is 5.32 Å². The quantitative estimate of drug-likeness (QED) is 0.862. The first-order valence-electron chi connectivity index (χ1n) is 5.69. The van der Waals surface area contributed by atoms with E-state index < -0.39 is 0 Å². The summed E-state index contributed by atoms with van der Waals surface area (Å²) in [4.78, 5) is 5.73. The minimum Gasteiger partial charge on any atom is -0.371 e. The van der Waals surface area contributed by atoms with Gasteiger partial charge in [0.15, 0.2) is 0 Å². The van der Waals surface area contributed by atoms with Crippen molar-refractivity contribution in [3.8, 4) is 0 Å². The summed E-state index contributed by atoms with van der Waals surface area (Å²) in [6.45, 7) is 10.2. The second-order valence-corrected chi connectivity index (χ2v) is 6.04. The van der Waals surface area contributed by atoms with Gasteiger partial charge in [-0.05, 0) is 19.4 Å². The topological polar surface area (TPSA) is 34.1 Å². The first-order valence-corrected chi connectivity index (χ1v) is 6.51. The monoisotopic (exact) mass is 242 g/mol. The van der Waals surface area contributed by atoms with Crippen molar-refractivity contribution in [1.29, 1.82) is 0 Å². The van der Waals surface area contributed by atoms with Crippen LogP contribution in [-0.2, 0) is 11.3 Å². The Morgan fingerprint density at radius 2 is 2.19 bits per heavy atom. The number of hydrogen-bond acceptors (Lipinski definition) is 4. The summed E-state index contributed by atoms with van der Waals surface area (Å²) in [5.74, 6) is 0. The Morgan fingerprint density at radius 3 is 2.69 bits per heavy atom. The van der Waals surface area contributed by atoms with Crippen LogP contribution in [0.25, 0.3) is 0 Å². The van der Waals surface area contributed by atoms with Crippen LogP contribution in [0.1, 0.15) is 43.7 Å². The number of rotatable bonds is 5. The zero-order valence-electron chi connectivity index (χ0n) is 10.8. The average molecular weight is 242 g/mol. The van der Waals surface area contributed by atoms with Crippen molar-refractivity contribution < 1.29 is 4.74 Å². The van der Waals surface area contributed by atoms with E-state index in [1.54, 1.807) is 11.3 Å². The highest BCUT2D eigenvalue weighted by molar-refractivity contribution is 7.11. The van der Waals surface area contributed by atoms with Crippen molar-refractivity contribution in [1.82, 2.24) is 10.3 Å². The molecule has 0 aliphatic carbocycles. The maximum absolute atomic E-state index is 5.81. The highest BCUT2D eigenvalue weighted by Gasteiger charge is 2.29. The molecule has 3 nitrogen and oxygen atoms in total. The standard InChI is InChI=1S/C12H22N2OS/c1-6-15-10(12(2,3)4)11-14-8-9(16-11)7-13-5/h8,10,13H,6-7H2,1-5H3. The fraction of sp³-hybridized carbons (Fsp3) is 0.750. The number of nitrogens with one attached hydrogen (secondary N) is 1. The van der Waals surface area contributed by atoms with Gasteiger partial charge in [-0.15, -0.1) is 11.3 Å². The average Bonchev–Trinajstić information content (AvgIpc) is 2.61. The summed E-state index contributed by atoms with van der Waals surface area (Å²) in [7, 11) is 1.95. The third-order valence-corrected chi connectivity index (χ3v) is 3.31. The maximum Gasteiger partial charge on any atom is 0.122 e. The number of ether oxygens (including phenoxy) is 1. The van der Waals surface area contributed by atoms with E-state index in [0.717, 1.165) is 18.2 Å². The van der Waals surface area contributed by atoms with Gasteiger partial charge in [0.1, 0.15) is 11.1 Å². The van der Waals surface area contributed by atoms with Gasteiger partial charge in [0, 0.05) is 24.2 Å². The Bertz CT molecular complexity index is 317. The van der Waals surface area contributed by atoms with Gasteiger partial charge in [-0.2, -0.15) is 0 Å². The molecule has 0 saturated carbocycles. The third-order valence-electron chi connectivity index (χ3n) is 2.27. The molecule has 0 aromatic carbocycles. The summed E-state index contributed by atoms with van der Waals surface area (Å²) >= 11 is 1.73. The zero-order valence-corrected chi connectivity index (χ0v) is 11.6. The molecule has 0 aliphatic heterocycles. The number of hydrogen-bond donors (Lipinski definition) is 1. The molecule has 0 amide bonds. The maximum atomic E-state index is 5.81. The van der Waals surface area contributed by atoms with Crippen LogP contribution in [0, 0.1) is 5.41 Å². The lowest BCUT2D eigenvalue weighted by Crippen LogP contribution is -2.21. The highest BCUT2D eigenvalue weighted by Crippen LogP contribution is 2.37. The van der Waals surface area contributed by atoms with Gasteiger partial charge in [-0.3, -0.25) is 0 Å². The Morgan fingerprint density at radius 1 is 1.50 bits per heavy atom. The zero-order chi connectivity index (χ0) is 12.2. The number of aromatic nitrogens is 1. The van der Waals surface area contributed by atoms with E-state index in [1.165, 1.54) is 4.88 Å². The van der Waals surface area contributed by atoms with Crippen LogP contribution in [0.15, 0.2) is 6.20 Å². The van der Waals surface area contributed by atoms with Crippen LogP contribution in [-0.4, -0.2) is 18.6 Å². The molecule has 0 spiro atoms. The molecule has 1 atom stereocenters. The lowest BCUT2D eigenvalue weighted by molar-refractivity contribution is -0.0133. The number of nitrogens with zero attached hydrogens (tertiary/aromatic N) is 1. The van der Waals surface area contributed by atoms with Gasteiger partial charge in [0.25, 0.3) is 0 Å². The van der Waals surface area contributed by atoms with Crippen molar-refractivity contribution in [2.45, 2.75) is 40.3 Å². The van der Waals surface area contributed by atoms with Gasteiger partial charge >= 0.3 is 0 Å². The molecule has 0 fully saturated rings. The lowest BCUT2D eigenvalue weighted by atomic mass is 9.89. The summed E-state index contributed by atoms with van der Waals surface area (Å²) in [6.07, 6.45) is 2.03. The van der Waals surface area contributed by atoms with Crippen LogP contribution >= 0.6 is 11.3 Å². The second kappa shape index (κ2) is 5.75. The normalized spacial score (nSPS) is 14.1. The molecule has 92 valence electrons. The first kappa shape index (κ1) is 13.6. The fourth-order valence-electron chi connectivity index (χ4n) is 1.56. The van der Waals surface area contributed by atoms with Crippen molar-refractivity contribution in [3.05, 3.63) is 16.1 Å². The summed E-state index contributed by atoms with van der Waals surface area (Å²) in [5, 5.41) is 4.22. The molecule has 1 heterocycles. The van der Waals surface area contributed by atoms with Crippen LogP contribution in [0.5, 0.6) is 0 Å². The summed E-state index contributed by atoms with van der Waals surface area (Å²) < 4.78 is 5.81. The smallest absolute Gasteiger partial charge is 0.122 e. The van der Waals surface area contributed by atoms with Gasteiger partial charge in [0.05, 0.1) is 0 Å². The van der Waals surface area contributed by atoms with Crippen molar-refractivity contribution >= 4 is 11.3 Å². The molecule has 4 heteroatoms. The van der Waals surface area contributed by atoms with Crippen LogP contribution in [0.2, 0.25) is 0 Å². The van der Waals surface area contributed by atoms with E-state index >= 15 is 0 Å². The third kappa shape index (κ3) is 3.54. The Balaban J connectivity index is 2.84. The van der Waals surface area contributed by atoms with Crippen molar-refractivity contribution in [2.75, 3.05) is 13.7 Å². The first-order chi connectivity index (χ1) is 7.49. The minimum absolute atomic E-state index is 0.0881. The van der Waals surface area contributed by atoms with Crippen molar-refractivity contribution in [2.24, 2.45) is 5.41 Å². The molecule has 0 saturated heterocycles. The van der Waals surface area contributed by atoms with Crippen molar-refractivity contribution in [3.63, 3.8) is 0 Å². The SMILES string of the molecule is CCOC(c1ncc(CNC)s1)C(C)(C)C. The molecule has 1 unspecified atom stereocenters. The summed E-state index contributed by atoms with van der Waals surface area (Å²) in [6, 6.07) is 0. The molecular weight excluding hydrogens is 220 g/mol. The molecule has 0 radical (unpaired) electrons. The molecular formula is C12H22N2OS.